The Hall–Kier alpha value is -1.17. The van der Waals surface area contributed by atoms with E-state index in [1.807, 2.05) is 24.3 Å². The highest BCUT2D eigenvalue weighted by Gasteiger charge is 2.44. The lowest BCUT2D eigenvalue weighted by molar-refractivity contribution is -0.0886. The third-order valence-electron chi connectivity index (χ3n) is 4.82. The molecule has 22 heavy (non-hydrogen) atoms. The number of aromatic nitrogens is 1. The van der Waals surface area contributed by atoms with Gasteiger partial charge in [0.2, 0.25) is 0 Å². The molecule has 1 saturated heterocycles. The maximum Gasteiger partial charge on any atom is 0.153 e. The van der Waals surface area contributed by atoms with E-state index in [4.69, 9.17) is 9.26 Å². The molecule has 1 spiro atoms. The van der Waals surface area contributed by atoms with Crippen molar-refractivity contribution in [1.82, 2.24) is 10.5 Å². The van der Waals surface area contributed by atoms with E-state index in [0.29, 0.717) is 0 Å². The molecular formula is C17H22N2O2S. The zero-order valence-electron chi connectivity index (χ0n) is 13.1. The fourth-order valence-corrected chi connectivity index (χ4v) is 5.02. The molecule has 4 rings (SSSR count). The van der Waals surface area contributed by atoms with Gasteiger partial charge in [0, 0.05) is 22.2 Å². The first kappa shape index (κ1) is 14.4. The summed E-state index contributed by atoms with van der Waals surface area (Å²) in [5.74, 6) is 0.930. The highest BCUT2D eigenvalue weighted by molar-refractivity contribution is 7.12. The number of hydrogen-bond acceptors (Lipinski definition) is 5. The first-order valence-electron chi connectivity index (χ1n) is 8.13. The van der Waals surface area contributed by atoms with E-state index in [1.54, 1.807) is 0 Å². The summed E-state index contributed by atoms with van der Waals surface area (Å²) in [6.07, 6.45) is 4.12. The van der Waals surface area contributed by atoms with E-state index in [1.165, 1.54) is 15.3 Å². The van der Waals surface area contributed by atoms with Crippen LogP contribution in [-0.4, -0.2) is 18.3 Å². The summed E-state index contributed by atoms with van der Waals surface area (Å²) in [5.41, 5.74) is 2.30. The molecule has 1 N–H and O–H groups in total. The van der Waals surface area contributed by atoms with Crippen LogP contribution in [0.15, 0.2) is 16.7 Å². The second-order valence-electron chi connectivity index (χ2n) is 6.34. The molecule has 0 aliphatic carbocycles. The van der Waals surface area contributed by atoms with Crippen LogP contribution in [0.3, 0.4) is 0 Å². The highest BCUT2D eigenvalue weighted by Crippen LogP contribution is 2.48. The zero-order chi connectivity index (χ0) is 15.2. The Morgan fingerprint density at radius 1 is 1.45 bits per heavy atom. The fourth-order valence-electron chi connectivity index (χ4n) is 3.69. The Balaban J connectivity index is 1.68. The standard InChI is InChI=1S/C17H22N2O2S/c1-3-13-9-12-4-7-20-17(16(12)22-13)5-6-18-14(10-17)15-8-11(2)19-21-15/h8-9,14,18H,3-7,10H2,1-2H3. The molecule has 4 nitrogen and oxygen atoms in total. The van der Waals surface area contributed by atoms with Crippen molar-refractivity contribution < 1.29 is 9.26 Å². The van der Waals surface area contributed by atoms with Gasteiger partial charge in [0.1, 0.15) is 5.60 Å². The molecule has 5 heteroatoms. The molecule has 1 fully saturated rings. The maximum absolute atomic E-state index is 6.36. The van der Waals surface area contributed by atoms with Crippen LogP contribution in [-0.2, 0) is 23.2 Å². The van der Waals surface area contributed by atoms with Gasteiger partial charge >= 0.3 is 0 Å². The predicted octanol–water partition coefficient (Wildman–Crippen LogP) is 3.50. The average Bonchev–Trinajstić information content (AvgIpc) is 3.14. The number of hydrogen-bond donors (Lipinski definition) is 1. The first-order valence-corrected chi connectivity index (χ1v) is 8.94. The van der Waals surface area contributed by atoms with Crippen LogP contribution >= 0.6 is 11.3 Å². The van der Waals surface area contributed by atoms with Crippen molar-refractivity contribution in [2.45, 2.75) is 51.2 Å². The lowest BCUT2D eigenvalue weighted by Crippen LogP contribution is -2.45. The Morgan fingerprint density at radius 3 is 3.14 bits per heavy atom. The molecule has 2 atom stereocenters. The number of rotatable bonds is 2. The van der Waals surface area contributed by atoms with Crippen LogP contribution in [0.5, 0.6) is 0 Å². The van der Waals surface area contributed by atoms with Crippen molar-refractivity contribution >= 4 is 11.3 Å². The summed E-state index contributed by atoms with van der Waals surface area (Å²) in [4.78, 5) is 2.93. The van der Waals surface area contributed by atoms with E-state index in [2.05, 4.69) is 23.5 Å². The van der Waals surface area contributed by atoms with Crippen molar-refractivity contribution in [1.29, 1.82) is 0 Å². The molecule has 0 saturated carbocycles. The van der Waals surface area contributed by atoms with Crippen molar-refractivity contribution in [3.63, 3.8) is 0 Å². The maximum atomic E-state index is 6.36. The van der Waals surface area contributed by atoms with E-state index >= 15 is 0 Å². The van der Waals surface area contributed by atoms with Crippen LogP contribution < -0.4 is 5.32 Å². The van der Waals surface area contributed by atoms with Gasteiger partial charge in [-0.05, 0) is 44.4 Å². The molecule has 0 amide bonds. The summed E-state index contributed by atoms with van der Waals surface area (Å²) in [5, 5.41) is 7.60. The molecule has 0 aromatic carbocycles. The molecule has 2 aromatic rings. The molecule has 2 aliphatic heterocycles. The van der Waals surface area contributed by atoms with Crippen molar-refractivity contribution in [3.05, 3.63) is 38.9 Å². The summed E-state index contributed by atoms with van der Waals surface area (Å²) in [6, 6.07) is 4.61. The zero-order valence-corrected chi connectivity index (χ0v) is 14.0. The topological polar surface area (TPSA) is 47.3 Å². The summed E-state index contributed by atoms with van der Waals surface area (Å²) in [7, 11) is 0. The van der Waals surface area contributed by atoms with Gasteiger partial charge in [0.15, 0.2) is 5.76 Å². The highest BCUT2D eigenvalue weighted by atomic mass is 32.1. The normalized spacial score (nSPS) is 28.0. The van der Waals surface area contributed by atoms with Gasteiger partial charge in [-0.15, -0.1) is 11.3 Å². The van der Waals surface area contributed by atoms with Crippen LogP contribution in [0, 0.1) is 6.92 Å². The summed E-state index contributed by atoms with van der Waals surface area (Å²) >= 11 is 1.94. The smallest absolute Gasteiger partial charge is 0.153 e. The Kier molecular flexibility index (Phi) is 3.59. The Labute approximate surface area is 134 Å². The van der Waals surface area contributed by atoms with Crippen molar-refractivity contribution in [2.24, 2.45) is 0 Å². The largest absolute Gasteiger partial charge is 0.369 e. The monoisotopic (exact) mass is 318 g/mol. The number of nitrogens with zero attached hydrogens (tertiary/aromatic N) is 1. The van der Waals surface area contributed by atoms with Gasteiger partial charge < -0.3 is 14.6 Å². The number of ether oxygens (including phenoxy) is 1. The number of piperidine rings is 1. The van der Waals surface area contributed by atoms with Gasteiger partial charge in [-0.3, -0.25) is 0 Å². The molecular weight excluding hydrogens is 296 g/mol. The quantitative estimate of drug-likeness (QED) is 0.920. The minimum absolute atomic E-state index is 0.137. The third kappa shape index (κ3) is 2.32. The van der Waals surface area contributed by atoms with E-state index in [-0.39, 0.29) is 11.6 Å². The molecule has 2 aliphatic rings. The van der Waals surface area contributed by atoms with Gasteiger partial charge in [-0.2, -0.15) is 0 Å². The molecule has 0 bridgehead atoms. The van der Waals surface area contributed by atoms with Crippen LogP contribution in [0.4, 0.5) is 0 Å². The van der Waals surface area contributed by atoms with Crippen LogP contribution in [0.1, 0.15) is 52.6 Å². The molecule has 118 valence electrons. The van der Waals surface area contributed by atoms with E-state index < -0.39 is 0 Å². The lowest BCUT2D eigenvalue weighted by atomic mass is 9.82. The van der Waals surface area contributed by atoms with Crippen molar-refractivity contribution in [3.8, 4) is 0 Å². The number of thiophene rings is 1. The Morgan fingerprint density at radius 2 is 2.36 bits per heavy atom. The minimum atomic E-state index is -0.137. The second-order valence-corrected chi connectivity index (χ2v) is 7.48. The average molecular weight is 318 g/mol. The van der Waals surface area contributed by atoms with E-state index in [9.17, 15) is 0 Å². The molecule has 0 radical (unpaired) electrons. The van der Waals surface area contributed by atoms with Gasteiger partial charge in [-0.1, -0.05) is 12.1 Å². The lowest BCUT2D eigenvalue weighted by Gasteiger charge is -2.43. The Bertz CT molecular complexity index is 678. The summed E-state index contributed by atoms with van der Waals surface area (Å²) < 4.78 is 11.8. The first-order chi connectivity index (χ1) is 10.7. The molecule has 4 heterocycles. The predicted molar refractivity (Wildman–Crippen MR) is 86.2 cm³/mol. The van der Waals surface area contributed by atoms with Gasteiger partial charge in [0.25, 0.3) is 0 Å². The third-order valence-corrected chi connectivity index (χ3v) is 6.32. The second kappa shape index (κ2) is 5.48. The van der Waals surface area contributed by atoms with Gasteiger partial charge in [0.05, 0.1) is 18.3 Å². The van der Waals surface area contributed by atoms with Gasteiger partial charge in [-0.25, -0.2) is 0 Å². The SMILES string of the molecule is CCc1cc2c(s1)C1(CCNC(c3cc(C)no3)C1)OCC2. The van der Waals surface area contributed by atoms with Crippen LogP contribution in [0.2, 0.25) is 0 Å². The fraction of sp³-hybridized carbons (Fsp3) is 0.588. The van der Waals surface area contributed by atoms with Crippen molar-refractivity contribution in [2.75, 3.05) is 13.2 Å². The minimum Gasteiger partial charge on any atom is -0.369 e. The van der Waals surface area contributed by atoms with Crippen LogP contribution in [0.25, 0.3) is 0 Å². The number of fused-ring (bicyclic) bond motifs is 2. The number of aryl methyl sites for hydroxylation is 2. The summed E-state index contributed by atoms with van der Waals surface area (Å²) in [6.45, 7) is 5.97. The number of nitrogens with one attached hydrogen (secondary N) is 1. The molecule has 2 aromatic heterocycles. The van der Waals surface area contributed by atoms with E-state index in [0.717, 1.165) is 50.3 Å². The molecule has 2 unspecified atom stereocenters.